The minimum Gasteiger partial charge on any atom is -0.492 e. The van der Waals surface area contributed by atoms with Gasteiger partial charge < -0.3 is 4.74 Å². The molecule has 0 saturated heterocycles. The molecule has 0 saturated carbocycles. The minimum atomic E-state index is -4.95. The highest BCUT2D eigenvalue weighted by Crippen LogP contribution is 2.20. The topological polar surface area (TPSA) is 57.0 Å². The number of carbonyl (C=O) groups excluding carboxylic acids is 1. The molecule has 0 spiro atoms. The first kappa shape index (κ1) is 15.5. The molecule has 0 fully saturated rings. The summed E-state index contributed by atoms with van der Waals surface area (Å²) in [6, 6.07) is 7.11. The van der Waals surface area contributed by atoms with Crippen LogP contribution < -0.4 is 4.74 Å². The number of carbonyl (C=O) groups is 1. The summed E-state index contributed by atoms with van der Waals surface area (Å²) in [4.78, 5) is 10.9. The molecule has 0 bridgehead atoms. The van der Waals surface area contributed by atoms with Crippen LogP contribution in [-0.4, -0.2) is 33.6 Å². The predicted molar refractivity (Wildman–Crippen MR) is 70.0 cm³/mol. The van der Waals surface area contributed by atoms with Crippen molar-refractivity contribution in [3.8, 4) is 5.75 Å². The highest BCUT2D eigenvalue weighted by molar-refractivity contribution is 9.10. The number of ether oxygens (including phenoxy) is 1. The Hall–Kier alpha value is -1.90. The van der Waals surface area contributed by atoms with Crippen molar-refractivity contribution in [3.63, 3.8) is 0 Å². The average molecular weight is 364 g/mol. The third-order valence-corrected chi connectivity index (χ3v) is 2.91. The zero-order valence-electron chi connectivity index (χ0n) is 10.5. The summed E-state index contributed by atoms with van der Waals surface area (Å²) in [6.07, 6.45) is -4.01. The highest BCUT2D eigenvalue weighted by atomic mass is 79.9. The Morgan fingerprint density at radius 1 is 1.38 bits per heavy atom. The fourth-order valence-electron chi connectivity index (χ4n) is 1.47. The van der Waals surface area contributed by atoms with Crippen molar-refractivity contribution in [2.24, 2.45) is 0 Å². The van der Waals surface area contributed by atoms with Crippen LogP contribution in [0.15, 0.2) is 34.9 Å². The van der Waals surface area contributed by atoms with E-state index in [1.807, 2.05) is 6.07 Å². The van der Waals surface area contributed by atoms with Gasteiger partial charge in [-0.15, -0.1) is 5.10 Å². The SMILES string of the molecule is O=C(c1cn(CCOc2cccc(Br)c2)nn1)C(F)(F)F. The first-order valence-electron chi connectivity index (χ1n) is 5.76. The van der Waals surface area contributed by atoms with E-state index < -0.39 is 17.7 Å². The van der Waals surface area contributed by atoms with E-state index in [0.717, 1.165) is 15.4 Å². The maximum atomic E-state index is 12.2. The molecule has 5 nitrogen and oxygen atoms in total. The molecule has 9 heteroatoms. The second-order valence-electron chi connectivity index (χ2n) is 4.00. The molecule has 21 heavy (non-hydrogen) atoms. The summed E-state index contributed by atoms with van der Waals surface area (Å²) in [5.74, 6) is -1.40. The molecule has 0 aliphatic rings. The normalized spacial score (nSPS) is 11.4. The lowest BCUT2D eigenvalue weighted by Gasteiger charge is -2.05. The van der Waals surface area contributed by atoms with Gasteiger partial charge in [0.15, 0.2) is 5.69 Å². The van der Waals surface area contributed by atoms with Gasteiger partial charge in [0.05, 0.1) is 12.7 Å². The molecule has 1 heterocycles. The van der Waals surface area contributed by atoms with Crippen LogP contribution in [0.1, 0.15) is 10.5 Å². The van der Waals surface area contributed by atoms with Crippen molar-refractivity contribution in [2.45, 2.75) is 12.7 Å². The van der Waals surface area contributed by atoms with Gasteiger partial charge in [0, 0.05) is 4.47 Å². The van der Waals surface area contributed by atoms with Gasteiger partial charge in [-0.3, -0.25) is 4.79 Å². The van der Waals surface area contributed by atoms with E-state index >= 15 is 0 Å². The van der Waals surface area contributed by atoms with Crippen molar-refractivity contribution in [3.05, 3.63) is 40.6 Å². The Bertz CT molecular complexity index is 643. The van der Waals surface area contributed by atoms with Crippen LogP contribution >= 0.6 is 15.9 Å². The minimum absolute atomic E-state index is 0.171. The van der Waals surface area contributed by atoms with E-state index in [9.17, 15) is 18.0 Å². The number of halogens is 4. The Balaban J connectivity index is 1.90. The van der Waals surface area contributed by atoms with E-state index in [-0.39, 0.29) is 13.2 Å². The van der Waals surface area contributed by atoms with E-state index in [1.54, 1.807) is 18.2 Å². The maximum absolute atomic E-state index is 12.2. The molecule has 1 aromatic carbocycles. The first-order chi connectivity index (χ1) is 9.86. The lowest BCUT2D eigenvalue weighted by molar-refractivity contribution is -0.0888. The van der Waals surface area contributed by atoms with Crippen LogP contribution in [0.5, 0.6) is 5.75 Å². The zero-order valence-corrected chi connectivity index (χ0v) is 12.1. The molecule has 0 radical (unpaired) electrons. The van der Waals surface area contributed by atoms with Crippen molar-refractivity contribution in [1.29, 1.82) is 0 Å². The van der Waals surface area contributed by atoms with Crippen molar-refractivity contribution in [2.75, 3.05) is 6.61 Å². The second-order valence-corrected chi connectivity index (χ2v) is 4.92. The zero-order chi connectivity index (χ0) is 15.5. The van der Waals surface area contributed by atoms with E-state index in [1.165, 1.54) is 0 Å². The summed E-state index contributed by atoms with van der Waals surface area (Å²) in [5, 5.41) is 6.66. The van der Waals surface area contributed by atoms with Crippen LogP contribution in [0.2, 0.25) is 0 Å². The molecule has 0 N–H and O–H groups in total. The van der Waals surface area contributed by atoms with Gasteiger partial charge in [0.1, 0.15) is 12.4 Å². The number of aromatic nitrogens is 3. The number of nitrogens with zero attached hydrogens (tertiary/aromatic N) is 3. The quantitative estimate of drug-likeness (QED) is 0.766. The lowest BCUT2D eigenvalue weighted by atomic mass is 10.3. The number of alkyl halides is 3. The number of hydrogen-bond acceptors (Lipinski definition) is 4. The molecule has 0 unspecified atom stereocenters. The van der Waals surface area contributed by atoms with E-state index in [2.05, 4.69) is 26.2 Å². The third kappa shape index (κ3) is 4.28. The number of ketones is 1. The molecule has 0 atom stereocenters. The van der Waals surface area contributed by atoms with Gasteiger partial charge in [-0.1, -0.05) is 27.2 Å². The van der Waals surface area contributed by atoms with Gasteiger partial charge in [0.25, 0.3) is 5.78 Å². The second kappa shape index (κ2) is 6.25. The lowest BCUT2D eigenvalue weighted by Crippen LogP contribution is -2.23. The standard InChI is InChI=1S/C12H9BrF3N3O2/c13-8-2-1-3-9(6-8)21-5-4-19-7-10(17-18-19)11(20)12(14,15)16/h1-3,6-7H,4-5H2. The van der Waals surface area contributed by atoms with Crippen molar-refractivity contribution in [1.82, 2.24) is 15.0 Å². The summed E-state index contributed by atoms with van der Waals surface area (Å²) >= 11 is 3.29. The Morgan fingerprint density at radius 2 is 2.14 bits per heavy atom. The highest BCUT2D eigenvalue weighted by Gasteiger charge is 2.41. The average Bonchev–Trinajstić information content (AvgIpc) is 2.85. The molecular formula is C12H9BrF3N3O2. The first-order valence-corrected chi connectivity index (χ1v) is 6.55. The monoisotopic (exact) mass is 363 g/mol. The van der Waals surface area contributed by atoms with E-state index in [4.69, 9.17) is 4.74 Å². The molecule has 1 aromatic heterocycles. The Kier molecular flexibility index (Phi) is 4.61. The fraction of sp³-hybridized carbons (Fsp3) is 0.250. The Morgan fingerprint density at radius 3 is 2.81 bits per heavy atom. The van der Waals surface area contributed by atoms with Gasteiger partial charge in [-0.05, 0) is 18.2 Å². The summed E-state index contributed by atoms with van der Waals surface area (Å²) < 4.78 is 44.0. The van der Waals surface area contributed by atoms with E-state index in [0.29, 0.717) is 5.75 Å². The number of hydrogen-bond donors (Lipinski definition) is 0. The molecule has 2 aromatic rings. The van der Waals surface area contributed by atoms with Gasteiger partial charge >= 0.3 is 6.18 Å². The van der Waals surface area contributed by atoms with Gasteiger partial charge in [-0.25, -0.2) is 4.68 Å². The summed E-state index contributed by atoms with van der Waals surface area (Å²) in [6.45, 7) is 0.351. The largest absolute Gasteiger partial charge is 0.492 e. The predicted octanol–water partition coefficient (Wildman–Crippen LogP) is 2.86. The molecule has 0 aliphatic heterocycles. The van der Waals surface area contributed by atoms with Crippen LogP contribution in [0.4, 0.5) is 13.2 Å². The van der Waals surface area contributed by atoms with Crippen LogP contribution in [-0.2, 0) is 6.54 Å². The van der Waals surface area contributed by atoms with Crippen molar-refractivity contribution < 1.29 is 22.7 Å². The van der Waals surface area contributed by atoms with Gasteiger partial charge in [0.2, 0.25) is 0 Å². The number of Topliss-reactive ketones (excluding diaryl/α,β-unsaturated/α-hetero) is 1. The Labute approximate surface area is 125 Å². The molecule has 2 rings (SSSR count). The van der Waals surface area contributed by atoms with Crippen LogP contribution in [0.25, 0.3) is 0 Å². The summed E-state index contributed by atoms with van der Waals surface area (Å²) in [7, 11) is 0. The summed E-state index contributed by atoms with van der Waals surface area (Å²) in [5.41, 5.74) is -0.732. The maximum Gasteiger partial charge on any atom is 0.456 e. The van der Waals surface area contributed by atoms with Crippen LogP contribution in [0.3, 0.4) is 0 Å². The fourth-order valence-corrected chi connectivity index (χ4v) is 1.85. The third-order valence-electron chi connectivity index (χ3n) is 2.41. The van der Waals surface area contributed by atoms with Gasteiger partial charge in [-0.2, -0.15) is 13.2 Å². The van der Waals surface area contributed by atoms with Crippen LogP contribution in [0, 0.1) is 0 Å². The smallest absolute Gasteiger partial charge is 0.456 e. The molecule has 0 amide bonds. The number of rotatable bonds is 5. The number of benzene rings is 1. The van der Waals surface area contributed by atoms with Crippen molar-refractivity contribution >= 4 is 21.7 Å². The molecule has 0 aliphatic carbocycles. The molecular weight excluding hydrogens is 355 g/mol. The molecule has 112 valence electrons.